The third-order valence-corrected chi connectivity index (χ3v) is 6.23. The Labute approximate surface area is 192 Å². The van der Waals surface area contributed by atoms with E-state index >= 15 is 0 Å². The Morgan fingerprint density at radius 2 is 1.79 bits per heavy atom. The minimum absolute atomic E-state index is 0.104. The first-order chi connectivity index (χ1) is 15.9. The molecule has 4 rings (SSSR count). The number of carbonyl (C=O) groups is 2. The molecule has 5 nitrogen and oxygen atoms in total. The predicted molar refractivity (Wildman–Crippen MR) is 125 cm³/mol. The van der Waals surface area contributed by atoms with Crippen molar-refractivity contribution in [3.63, 3.8) is 0 Å². The number of nitrogens with two attached hydrogens (primary N) is 1. The van der Waals surface area contributed by atoms with Crippen molar-refractivity contribution in [3.8, 4) is 0 Å². The lowest BCUT2D eigenvalue weighted by Crippen LogP contribution is -2.22. The fourth-order valence-electron chi connectivity index (χ4n) is 3.94. The van der Waals surface area contributed by atoms with Crippen LogP contribution < -0.4 is 11.1 Å². The summed E-state index contributed by atoms with van der Waals surface area (Å²) >= 11 is 0. The Balaban J connectivity index is 1.31. The van der Waals surface area contributed by atoms with E-state index in [0.717, 1.165) is 29.5 Å². The van der Waals surface area contributed by atoms with E-state index in [1.54, 1.807) is 30.3 Å². The first-order valence-electron chi connectivity index (χ1n) is 11.1. The van der Waals surface area contributed by atoms with Crippen LogP contribution in [0.1, 0.15) is 52.7 Å². The van der Waals surface area contributed by atoms with Crippen molar-refractivity contribution >= 4 is 17.6 Å². The van der Waals surface area contributed by atoms with Crippen molar-refractivity contribution in [2.24, 2.45) is 5.73 Å². The quantitative estimate of drug-likeness (QED) is 0.479. The van der Waals surface area contributed by atoms with Gasteiger partial charge in [0.05, 0.1) is 12.1 Å². The maximum absolute atomic E-state index is 14.6. The van der Waals surface area contributed by atoms with Crippen LogP contribution in [0.25, 0.3) is 0 Å². The Hall–Kier alpha value is -3.51. The molecule has 2 atom stereocenters. The summed E-state index contributed by atoms with van der Waals surface area (Å²) in [5, 5.41) is 2.61. The summed E-state index contributed by atoms with van der Waals surface area (Å²) < 4.78 is 19.9. The van der Waals surface area contributed by atoms with Crippen molar-refractivity contribution in [1.29, 1.82) is 0 Å². The van der Waals surface area contributed by atoms with E-state index in [-0.39, 0.29) is 36.1 Å². The molecule has 0 unspecified atom stereocenters. The molecule has 1 saturated carbocycles. The molecule has 0 aromatic heterocycles. The third kappa shape index (κ3) is 5.46. The molecule has 3 aromatic carbocycles. The molecule has 0 aliphatic heterocycles. The number of hydrogen-bond acceptors (Lipinski definition) is 4. The molecule has 1 fully saturated rings. The summed E-state index contributed by atoms with van der Waals surface area (Å²) in [5.41, 5.74) is 8.99. The SMILES string of the molecule is CC[C@@]1(N)C[C@H]1c1ccc(NC(=O)c2ccc(CC(=O)OCc3ccccc3)cc2)c(F)c1. The highest BCUT2D eigenvalue weighted by atomic mass is 19.1. The number of rotatable bonds is 8. The largest absolute Gasteiger partial charge is 0.461 e. The monoisotopic (exact) mass is 446 g/mol. The lowest BCUT2D eigenvalue weighted by Gasteiger charge is -2.11. The second-order valence-corrected chi connectivity index (χ2v) is 8.56. The van der Waals surface area contributed by atoms with Crippen molar-refractivity contribution in [2.45, 2.75) is 44.2 Å². The molecular weight excluding hydrogens is 419 g/mol. The summed E-state index contributed by atoms with van der Waals surface area (Å²) in [6.07, 6.45) is 1.80. The summed E-state index contributed by atoms with van der Waals surface area (Å²) in [6.45, 7) is 2.25. The van der Waals surface area contributed by atoms with Crippen molar-refractivity contribution in [3.05, 3.63) is 101 Å². The number of nitrogens with one attached hydrogen (secondary N) is 1. The average molecular weight is 447 g/mol. The van der Waals surface area contributed by atoms with Gasteiger partial charge in [-0.2, -0.15) is 0 Å². The minimum atomic E-state index is -0.482. The summed E-state index contributed by atoms with van der Waals surface area (Å²) in [5.74, 6) is -1.09. The number of anilines is 1. The molecule has 0 bridgehead atoms. The van der Waals surface area contributed by atoms with E-state index in [1.165, 1.54) is 6.07 Å². The van der Waals surface area contributed by atoms with Crippen molar-refractivity contribution in [1.82, 2.24) is 0 Å². The standard InChI is InChI=1S/C27H27FN2O3/c1-2-27(29)16-22(27)21-12-13-24(23(28)15-21)30-26(32)20-10-8-18(9-11-20)14-25(31)33-17-19-6-4-3-5-7-19/h3-13,15,22H,2,14,16-17,29H2,1H3,(H,30,32)/t22-,27+/m0/s1. The van der Waals surface area contributed by atoms with Crippen LogP contribution in [0.4, 0.5) is 10.1 Å². The zero-order valence-corrected chi connectivity index (χ0v) is 18.5. The van der Waals surface area contributed by atoms with E-state index in [2.05, 4.69) is 5.32 Å². The molecule has 6 heteroatoms. The Morgan fingerprint density at radius 3 is 2.42 bits per heavy atom. The maximum atomic E-state index is 14.6. The van der Waals surface area contributed by atoms with Crippen LogP contribution in [0, 0.1) is 5.82 Å². The number of esters is 1. The number of benzene rings is 3. The molecule has 1 aliphatic rings. The van der Waals surface area contributed by atoms with Crippen molar-refractivity contribution < 1.29 is 18.7 Å². The molecule has 0 spiro atoms. The topological polar surface area (TPSA) is 81.4 Å². The first kappa shape index (κ1) is 22.7. The normalized spacial score (nSPS) is 19.1. The second-order valence-electron chi connectivity index (χ2n) is 8.56. The van der Waals surface area contributed by atoms with Crippen LogP contribution in [-0.4, -0.2) is 17.4 Å². The lowest BCUT2D eigenvalue weighted by atomic mass is 10.0. The minimum Gasteiger partial charge on any atom is -0.461 e. The number of carbonyl (C=O) groups excluding carboxylic acids is 2. The predicted octanol–water partition coefficient (Wildman–Crippen LogP) is 4.96. The number of halogens is 1. The summed E-state index contributed by atoms with van der Waals surface area (Å²) in [6, 6.07) is 20.9. The zero-order valence-electron chi connectivity index (χ0n) is 18.5. The smallest absolute Gasteiger partial charge is 0.310 e. The van der Waals surface area contributed by atoms with Gasteiger partial charge >= 0.3 is 5.97 Å². The van der Waals surface area contributed by atoms with Gasteiger partial charge in [0.25, 0.3) is 5.91 Å². The van der Waals surface area contributed by atoms with E-state index in [0.29, 0.717) is 5.56 Å². The molecule has 0 heterocycles. The van der Waals surface area contributed by atoms with E-state index in [1.807, 2.05) is 43.3 Å². The molecular formula is C27H27FN2O3. The van der Waals surface area contributed by atoms with Gasteiger partial charge < -0.3 is 15.8 Å². The summed E-state index contributed by atoms with van der Waals surface area (Å²) in [7, 11) is 0. The molecule has 0 saturated heterocycles. The molecule has 170 valence electrons. The van der Waals surface area contributed by atoms with Crippen LogP contribution in [0.15, 0.2) is 72.8 Å². The highest BCUT2D eigenvalue weighted by Crippen LogP contribution is 2.51. The molecule has 1 aliphatic carbocycles. The van der Waals surface area contributed by atoms with Gasteiger partial charge in [0.2, 0.25) is 0 Å². The van der Waals surface area contributed by atoms with Gasteiger partial charge in [-0.25, -0.2) is 4.39 Å². The Bertz CT molecular complexity index is 1150. The average Bonchev–Trinajstić information content (AvgIpc) is 3.52. The molecule has 0 radical (unpaired) electrons. The number of amides is 1. The maximum Gasteiger partial charge on any atom is 0.310 e. The Morgan fingerprint density at radius 1 is 1.06 bits per heavy atom. The van der Waals surface area contributed by atoms with Crippen LogP contribution in [0.3, 0.4) is 0 Å². The van der Waals surface area contributed by atoms with Gasteiger partial charge in [-0.1, -0.05) is 55.5 Å². The second kappa shape index (κ2) is 9.55. The lowest BCUT2D eigenvalue weighted by molar-refractivity contribution is -0.144. The van der Waals surface area contributed by atoms with Gasteiger partial charge in [0.15, 0.2) is 0 Å². The highest BCUT2D eigenvalue weighted by Gasteiger charge is 2.50. The molecule has 3 N–H and O–H groups in total. The fraction of sp³-hybridized carbons (Fsp3) is 0.259. The number of ether oxygens (including phenoxy) is 1. The van der Waals surface area contributed by atoms with Crippen LogP contribution in [-0.2, 0) is 22.6 Å². The van der Waals surface area contributed by atoms with Gasteiger partial charge in [-0.15, -0.1) is 0 Å². The van der Waals surface area contributed by atoms with E-state index in [4.69, 9.17) is 10.5 Å². The van der Waals surface area contributed by atoms with Crippen LogP contribution in [0.5, 0.6) is 0 Å². The van der Waals surface area contributed by atoms with Gasteiger partial charge in [-0.3, -0.25) is 9.59 Å². The zero-order chi connectivity index (χ0) is 23.4. The molecule has 1 amide bonds. The number of hydrogen-bond donors (Lipinski definition) is 2. The van der Waals surface area contributed by atoms with Crippen molar-refractivity contribution in [2.75, 3.05) is 5.32 Å². The molecule has 3 aromatic rings. The van der Waals surface area contributed by atoms with E-state index in [9.17, 15) is 14.0 Å². The summed E-state index contributed by atoms with van der Waals surface area (Å²) in [4.78, 5) is 24.6. The third-order valence-electron chi connectivity index (χ3n) is 6.23. The fourth-order valence-corrected chi connectivity index (χ4v) is 3.94. The first-order valence-corrected chi connectivity index (χ1v) is 11.1. The van der Waals surface area contributed by atoms with Crippen LogP contribution >= 0.6 is 0 Å². The van der Waals surface area contributed by atoms with E-state index < -0.39 is 11.7 Å². The van der Waals surface area contributed by atoms with Crippen LogP contribution in [0.2, 0.25) is 0 Å². The van der Waals surface area contributed by atoms with Gasteiger partial charge in [0.1, 0.15) is 12.4 Å². The van der Waals surface area contributed by atoms with Gasteiger partial charge in [-0.05, 0) is 53.8 Å². The highest BCUT2D eigenvalue weighted by molar-refractivity contribution is 6.04. The van der Waals surface area contributed by atoms with Gasteiger partial charge in [0, 0.05) is 17.0 Å². The molecule has 33 heavy (non-hydrogen) atoms. The Kier molecular flexibility index (Phi) is 6.56.